The van der Waals surface area contributed by atoms with Crippen molar-refractivity contribution in [3.8, 4) is 0 Å². The van der Waals surface area contributed by atoms with Crippen LogP contribution in [0.25, 0.3) is 0 Å². The van der Waals surface area contributed by atoms with Gasteiger partial charge in [0.05, 0.1) is 10.7 Å². The van der Waals surface area contributed by atoms with E-state index in [4.69, 9.17) is 0 Å². The molecule has 1 aliphatic rings. The van der Waals surface area contributed by atoms with Gasteiger partial charge in [-0.2, -0.15) is 5.10 Å². The van der Waals surface area contributed by atoms with Crippen molar-refractivity contribution in [2.75, 3.05) is 26.2 Å². The van der Waals surface area contributed by atoms with Gasteiger partial charge in [-0.3, -0.25) is 14.4 Å². The number of halogens is 2. The fourth-order valence-electron chi connectivity index (χ4n) is 2.71. The summed E-state index contributed by atoms with van der Waals surface area (Å²) in [6, 6.07) is 6.67. The summed E-state index contributed by atoms with van der Waals surface area (Å²) < 4.78 is 15.7. The SMILES string of the molecule is O=C(Cn1cc(Br)cn1)N1CCN(Cc2cccc(F)c2)CC1. The molecule has 1 aliphatic heterocycles. The van der Waals surface area contributed by atoms with Gasteiger partial charge in [0.25, 0.3) is 0 Å². The van der Waals surface area contributed by atoms with Crippen LogP contribution in [0.4, 0.5) is 4.39 Å². The van der Waals surface area contributed by atoms with Gasteiger partial charge in [0.2, 0.25) is 5.91 Å². The zero-order valence-corrected chi connectivity index (χ0v) is 14.2. The van der Waals surface area contributed by atoms with Crippen molar-refractivity contribution in [2.24, 2.45) is 0 Å². The van der Waals surface area contributed by atoms with E-state index >= 15 is 0 Å². The molecule has 1 fully saturated rings. The Labute approximate surface area is 142 Å². The van der Waals surface area contributed by atoms with Crippen molar-refractivity contribution in [3.05, 3.63) is 52.5 Å². The van der Waals surface area contributed by atoms with Gasteiger partial charge >= 0.3 is 0 Å². The molecule has 0 aliphatic carbocycles. The van der Waals surface area contributed by atoms with Crippen molar-refractivity contribution in [1.82, 2.24) is 19.6 Å². The monoisotopic (exact) mass is 380 g/mol. The Morgan fingerprint density at radius 1 is 1.26 bits per heavy atom. The molecule has 23 heavy (non-hydrogen) atoms. The number of rotatable bonds is 4. The molecule has 0 atom stereocenters. The van der Waals surface area contributed by atoms with Gasteiger partial charge < -0.3 is 4.90 Å². The lowest BCUT2D eigenvalue weighted by Crippen LogP contribution is -2.49. The van der Waals surface area contributed by atoms with Gasteiger partial charge in [-0.05, 0) is 33.6 Å². The van der Waals surface area contributed by atoms with Crippen LogP contribution >= 0.6 is 15.9 Å². The Morgan fingerprint density at radius 3 is 2.70 bits per heavy atom. The van der Waals surface area contributed by atoms with Crippen LogP contribution in [0.1, 0.15) is 5.56 Å². The number of carbonyl (C=O) groups is 1. The Bertz CT molecular complexity index is 682. The number of hydrogen-bond acceptors (Lipinski definition) is 3. The Balaban J connectivity index is 1.49. The maximum atomic E-state index is 13.2. The number of benzene rings is 1. The molecule has 122 valence electrons. The summed E-state index contributed by atoms with van der Waals surface area (Å²) >= 11 is 3.32. The summed E-state index contributed by atoms with van der Waals surface area (Å²) in [6.07, 6.45) is 3.46. The fourth-order valence-corrected chi connectivity index (χ4v) is 3.04. The first kappa shape index (κ1) is 16.1. The highest BCUT2D eigenvalue weighted by Gasteiger charge is 2.21. The molecule has 3 rings (SSSR count). The lowest BCUT2D eigenvalue weighted by atomic mass is 10.2. The first-order chi connectivity index (χ1) is 11.1. The van der Waals surface area contributed by atoms with Gasteiger partial charge in [0.15, 0.2) is 0 Å². The molecule has 0 saturated carbocycles. The molecule has 1 aromatic heterocycles. The van der Waals surface area contributed by atoms with E-state index in [0.29, 0.717) is 19.6 Å². The second-order valence-electron chi connectivity index (χ2n) is 5.64. The molecule has 0 spiro atoms. The minimum atomic E-state index is -0.207. The highest BCUT2D eigenvalue weighted by Crippen LogP contribution is 2.11. The third-order valence-electron chi connectivity index (χ3n) is 3.92. The van der Waals surface area contributed by atoms with Crippen molar-refractivity contribution >= 4 is 21.8 Å². The Morgan fingerprint density at radius 2 is 2.04 bits per heavy atom. The molecule has 0 unspecified atom stereocenters. The first-order valence-corrected chi connectivity index (χ1v) is 8.32. The quantitative estimate of drug-likeness (QED) is 0.815. The van der Waals surface area contributed by atoms with Crippen molar-refractivity contribution in [2.45, 2.75) is 13.1 Å². The number of piperazine rings is 1. The van der Waals surface area contributed by atoms with Crippen LogP contribution < -0.4 is 0 Å². The normalized spacial score (nSPS) is 15.8. The zero-order valence-electron chi connectivity index (χ0n) is 12.7. The van der Waals surface area contributed by atoms with E-state index in [9.17, 15) is 9.18 Å². The highest BCUT2D eigenvalue weighted by molar-refractivity contribution is 9.10. The number of amides is 1. The predicted octanol–water partition coefficient (Wildman–Crippen LogP) is 2.13. The third kappa shape index (κ3) is 4.39. The van der Waals surface area contributed by atoms with Gasteiger partial charge in [-0.1, -0.05) is 12.1 Å². The fraction of sp³-hybridized carbons (Fsp3) is 0.375. The predicted molar refractivity (Wildman–Crippen MR) is 88.2 cm³/mol. The van der Waals surface area contributed by atoms with Gasteiger partial charge in [0.1, 0.15) is 12.4 Å². The molecular weight excluding hydrogens is 363 g/mol. The second-order valence-corrected chi connectivity index (χ2v) is 6.56. The molecule has 5 nitrogen and oxygen atoms in total. The van der Waals surface area contributed by atoms with Crippen molar-refractivity contribution in [1.29, 1.82) is 0 Å². The zero-order chi connectivity index (χ0) is 16.2. The molecule has 1 saturated heterocycles. The number of hydrogen-bond donors (Lipinski definition) is 0. The van der Waals surface area contributed by atoms with E-state index in [1.165, 1.54) is 6.07 Å². The molecule has 0 N–H and O–H groups in total. The van der Waals surface area contributed by atoms with E-state index in [1.807, 2.05) is 11.0 Å². The maximum absolute atomic E-state index is 13.2. The molecule has 2 aromatic rings. The molecule has 1 amide bonds. The summed E-state index contributed by atoms with van der Waals surface area (Å²) in [5, 5.41) is 4.11. The van der Waals surface area contributed by atoms with Crippen LogP contribution in [-0.2, 0) is 17.9 Å². The molecular formula is C16H18BrFN4O. The minimum absolute atomic E-state index is 0.0750. The Hall–Kier alpha value is -1.73. The molecule has 1 aromatic carbocycles. The van der Waals surface area contributed by atoms with E-state index in [0.717, 1.165) is 23.1 Å². The Kier molecular flexibility index (Phi) is 5.07. The number of carbonyl (C=O) groups excluding carboxylic acids is 1. The highest BCUT2D eigenvalue weighted by atomic mass is 79.9. The smallest absolute Gasteiger partial charge is 0.244 e. The topological polar surface area (TPSA) is 41.4 Å². The average Bonchev–Trinajstić information content (AvgIpc) is 2.93. The van der Waals surface area contributed by atoms with Gasteiger partial charge in [0, 0.05) is 38.9 Å². The number of aromatic nitrogens is 2. The summed E-state index contributed by atoms with van der Waals surface area (Å²) in [5.74, 6) is -0.132. The average molecular weight is 381 g/mol. The first-order valence-electron chi connectivity index (χ1n) is 7.53. The number of nitrogens with zero attached hydrogens (tertiary/aromatic N) is 4. The van der Waals surface area contributed by atoms with Crippen molar-refractivity contribution in [3.63, 3.8) is 0 Å². The summed E-state index contributed by atoms with van der Waals surface area (Å²) in [5.41, 5.74) is 0.964. The van der Waals surface area contributed by atoms with E-state index < -0.39 is 0 Å². The van der Waals surface area contributed by atoms with Crippen LogP contribution in [0.3, 0.4) is 0 Å². The molecule has 0 radical (unpaired) electrons. The standard InChI is InChI=1S/C16H18BrFN4O/c17-14-9-19-22(11-14)12-16(23)21-6-4-20(5-7-21)10-13-2-1-3-15(18)8-13/h1-3,8-9,11H,4-7,10,12H2. The van der Waals surface area contributed by atoms with E-state index in [2.05, 4.69) is 25.9 Å². The van der Waals surface area contributed by atoms with Crippen molar-refractivity contribution < 1.29 is 9.18 Å². The van der Waals surface area contributed by atoms with Crippen LogP contribution in [0.2, 0.25) is 0 Å². The summed E-state index contributed by atoms with van der Waals surface area (Å²) in [6.45, 7) is 3.95. The van der Waals surface area contributed by atoms with E-state index in [1.54, 1.807) is 29.2 Å². The largest absolute Gasteiger partial charge is 0.339 e. The van der Waals surface area contributed by atoms with Gasteiger partial charge in [-0.15, -0.1) is 0 Å². The second kappa shape index (κ2) is 7.23. The van der Waals surface area contributed by atoms with E-state index in [-0.39, 0.29) is 18.3 Å². The lowest BCUT2D eigenvalue weighted by molar-refractivity contribution is -0.133. The molecule has 7 heteroatoms. The van der Waals surface area contributed by atoms with Crippen LogP contribution in [0.5, 0.6) is 0 Å². The lowest BCUT2D eigenvalue weighted by Gasteiger charge is -2.34. The van der Waals surface area contributed by atoms with Crippen LogP contribution in [-0.4, -0.2) is 51.7 Å². The van der Waals surface area contributed by atoms with Crippen LogP contribution in [0, 0.1) is 5.82 Å². The molecule has 2 heterocycles. The minimum Gasteiger partial charge on any atom is -0.339 e. The van der Waals surface area contributed by atoms with Gasteiger partial charge in [-0.25, -0.2) is 4.39 Å². The van der Waals surface area contributed by atoms with Crippen LogP contribution in [0.15, 0.2) is 41.1 Å². The third-order valence-corrected chi connectivity index (χ3v) is 4.33. The summed E-state index contributed by atoms with van der Waals surface area (Å²) in [4.78, 5) is 16.4. The molecule has 0 bridgehead atoms. The maximum Gasteiger partial charge on any atom is 0.244 e. The summed E-state index contributed by atoms with van der Waals surface area (Å²) in [7, 11) is 0.